The Labute approximate surface area is 239 Å². The monoisotopic (exact) mass is 535 g/mol. The minimum Gasteiger partial charge on any atom is -0.456 e. The Kier molecular flexibility index (Phi) is 5.56. The Balaban J connectivity index is 1.51. The lowest BCUT2D eigenvalue weighted by Crippen LogP contribution is -2.31. The summed E-state index contributed by atoms with van der Waals surface area (Å²) in [6.45, 7) is 8.94. The van der Waals surface area contributed by atoms with Gasteiger partial charge in [-0.25, -0.2) is 4.57 Å². The summed E-state index contributed by atoms with van der Waals surface area (Å²) in [7, 11) is 2.08. The van der Waals surface area contributed by atoms with E-state index in [1.54, 1.807) is 0 Å². The highest BCUT2D eigenvalue weighted by atomic mass is 16.3. The standard InChI is InChI=1S/C37H31N2O2/c1-22-10-13-27-28-14-11-25(21-38)34(24-12-15-32-29(19-24)26-8-6-7-9-31(26)40-32)36(28)41-35(27)33(22)30-18-23(16-17-39(30)5)20-37(2,3)4/h6-19H,20H2,1-5H3/q+1. The van der Waals surface area contributed by atoms with Crippen molar-refractivity contribution in [3.63, 3.8) is 0 Å². The minimum absolute atomic E-state index is 0.182. The van der Waals surface area contributed by atoms with Crippen molar-refractivity contribution in [2.75, 3.05) is 0 Å². The first-order valence-electron chi connectivity index (χ1n) is 14.0. The molecule has 7 aromatic rings. The fourth-order valence-corrected chi connectivity index (χ4v) is 6.17. The predicted molar refractivity (Wildman–Crippen MR) is 166 cm³/mol. The van der Waals surface area contributed by atoms with Crippen LogP contribution in [0.25, 0.3) is 66.3 Å². The number of benzene rings is 4. The largest absolute Gasteiger partial charge is 0.456 e. The molecule has 0 unspecified atom stereocenters. The van der Waals surface area contributed by atoms with Gasteiger partial charge in [0.25, 0.3) is 0 Å². The van der Waals surface area contributed by atoms with Crippen LogP contribution in [0.1, 0.15) is 37.5 Å². The Morgan fingerprint density at radius 3 is 2.27 bits per heavy atom. The zero-order valence-corrected chi connectivity index (χ0v) is 24.0. The molecule has 3 heterocycles. The number of fused-ring (bicyclic) bond motifs is 6. The number of rotatable bonds is 3. The van der Waals surface area contributed by atoms with Crippen molar-refractivity contribution < 1.29 is 13.4 Å². The molecule has 4 heteroatoms. The van der Waals surface area contributed by atoms with Gasteiger partial charge < -0.3 is 8.83 Å². The van der Waals surface area contributed by atoms with E-state index in [-0.39, 0.29) is 5.41 Å². The smallest absolute Gasteiger partial charge is 0.216 e. The summed E-state index contributed by atoms with van der Waals surface area (Å²) in [5.41, 5.74) is 10.4. The van der Waals surface area contributed by atoms with Crippen molar-refractivity contribution in [1.29, 1.82) is 5.26 Å². The Morgan fingerprint density at radius 1 is 0.756 bits per heavy atom. The lowest BCUT2D eigenvalue weighted by atomic mass is 9.87. The van der Waals surface area contributed by atoms with E-state index in [9.17, 15) is 5.26 Å². The van der Waals surface area contributed by atoms with Gasteiger partial charge in [-0.2, -0.15) is 5.26 Å². The van der Waals surface area contributed by atoms with Crippen LogP contribution in [0.3, 0.4) is 0 Å². The van der Waals surface area contributed by atoms with Gasteiger partial charge in [0.1, 0.15) is 29.4 Å². The highest BCUT2D eigenvalue weighted by molar-refractivity contribution is 6.15. The van der Waals surface area contributed by atoms with Crippen molar-refractivity contribution in [3.05, 3.63) is 102 Å². The van der Waals surface area contributed by atoms with Crippen molar-refractivity contribution in [1.82, 2.24) is 0 Å². The molecule has 7 rings (SSSR count). The van der Waals surface area contributed by atoms with Gasteiger partial charge in [-0.15, -0.1) is 0 Å². The molecule has 3 aromatic heterocycles. The summed E-state index contributed by atoms with van der Waals surface area (Å²) >= 11 is 0. The number of pyridine rings is 1. The molecule has 0 radical (unpaired) electrons. The van der Waals surface area contributed by atoms with E-state index in [4.69, 9.17) is 8.83 Å². The molecule has 41 heavy (non-hydrogen) atoms. The number of para-hydroxylation sites is 1. The van der Waals surface area contributed by atoms with Crippen LogP contribution in [0.15, 0.2) is 93.9 Å². The fraction of sp³-hybridized carbons (Fsp3) is 0.189. The van der Waals surface area contributed by atoms with Crippen LogP contribution in [0.4, 0.5) is 0 Å². The molecule has 0 N–H and O–H groups in total. The molecule has 0 aliphatic rings. The molecule has 0 bridgehead atoms. The molecular weight excluding hydrogens is 504 g/mol. The normalized spacial score (nSPS) is 12.1. The van der Waals surface area contributed by atoms with E-state index in [0.29, 0.717) is 5.56 Å². The van der Waals surface area contributed by atoms with Crippen molar-refractivity contribution in [3.8, 4) is 28.5 Å². The first kappa shape index (κ1) is 25.1. The number of nitrogens with zero attached hydrogens (tertiary/aromatic N) is 2. The highest BCUT2D eigenvalue weighted by Gasteiger charge is 2.24. The Hall–Kier alpha value is -4.88. The molecule has 200 valence electrons. The second-order valence-electron chi connectivity index (χ2n) is 12.3. The lowest BCUT2D eigenvalue weighted by Gasteiger charge is -2.18. The van der Waals surface area contributed by atoms with Gasteiger partial charge in [-0.3, -0.25) is 0 Å². The van der Waals surface area contributed by atoms with Gasteiger partial charge in [0, 0.05) is 39.2 Å². The third-order valence-corrected chi connectivity index (χ3v) is 8.01. The van der Waals surface area contributed by atoms with Gasteiger partial charge in [-0.1, -0.05) is 57.2 Å². The van der Waals surface area contributed by atoms with E-state index in [2.05, 4.69) is 88.0 Å². The second-order valence-corrected chi connectivity index (χ2v) is 12.3. The number of hydrogen-bond donors (Lipinski definition) is 0. The SMILES string of the molecule is Cc1ccc2c(oc3c(-c4ccc5oc6ccccc6c5c4)c(C#N)ccc32)c1-c1cc(CC(C)(C)C)cc[n+]1C. The first-order valence-corrected chi connectivity index (χ1v) is 14.0. The van der Waals surface area contributed by atoms with Crippen LogP contribution < -0.4 is 4.57 Å². The van der Waals surface area contributed by atoms with Crippen LogP contribution >= 0.6 is 0 Å². The third kappa shape index (κ3) is 4.08. The van der Waals surface area contributed by atoms with Crippen LogP contribution in [-0.4, -0.2) is 0 Å². The molecule has 0 saturated heterocycles. The second kappa shape index (κ2) is 9.08. The first-order chi connectivity index (χ1) is 19.7. The number of aromatic nitrogens is 1. The number of aryl methyl sites for hydroxylation is 2. The Morgan fingerprint density at radius 2 is 1.49 bits per heavy atom. The van der Waals surface area contributed by atoms with Gasteiger partial charge in [0.05, 0.1) is 17.2 Å². The lowest BCUT2D eigenvalue weighted by molar-refractivity contribution is -0.660. The van der Waals surface area contributed by atoms with E-state index < -0.39 is 0 Å². The van der Waals surface area contributed by atoms with Crippen LogP contribution in [0, 0.1) is 23.7 Å². The van der Waals surface area contributed by atoms with Crippen molar-refractivity contribution in [2.24, 2.45) is 12.5 Å². The molecule has 0 atom stereocenters. The summed E-state index contributed by atoms with van der Waals surface area (Å²) in [4.78, 5) is 0. The third-order valence-electron chi connectivity index (χ3n) is 8.01. The summed E-state index contributed by atoms with van der Waals surface area (Å²) in [5.74, 6) is 0. The summed E-state index contributed by atoms with van der Waals surface area (Å²) in [5, 5.41) is 14.3. The zero-order chi connectivity index (χ0) is 28.5. The van der Waals surface area contributed by atoms with E-state index >= 15 is 0 Å². The maximum atomic E-state index is 10.2. The average molecular weight is 536 g/mol. The van der Waals surface area contributed by atoms with Crippen LogP contribution in [-0.2, 0) is 13.5 Å². The maximum Gasteiger partial charge on any atom is 0.216 e. The zero-order valence-electron chi connectivity index (χ0n) is 24.0. The van der Waals surface area contributed by atoms with Gasteiger partial charge in [0.2, 0.25) is 5.69 Å². The topological polar surface area (TPSA) is 54.0 Å². The molecule has 4 nitrogen and oxygen atoms in total. The summed E-state index contributed by atoms with van der Waals surface area (Å²) in [6, 6.07) is 29.3. The van der Waals surface area contributed by atoms with Gasteiger partial charge >= 0.3 is 0 Å². The summed E-state index contributed by atoms with van der Waals surface area (Å²) in [6.07, 6.45) is 3.12. The molecule has 0 saturated carbocycles. The maximum absolute atomic E-state index is 10.2. The number of nitriles is 1. The summed E-state index contributed by atoms with van der Waals surface area (Å²) < 4.78 is 15.1. The number of hydrogen-bond acceptors (Lipinski definition) is 3. The van der Waals surface area contributed by atoms with Gasteiger partial charge in [0.15, 0.2) is 6.20 Å². The Bertz CT molecular complexity index is 2200. The van der Waals surface area contributed by atoms with E-state index in [0.717, 1.165) is 78.2 Å². The molecule has 0 amide bonds. The molecule has 0 spiro atoms. The molecule has 0 aliphatic heterocycles. The van der Waals surface area contributed by atoms with Crippen molar-refractivity contribution >= 4 is 43.9 Å². The minimum atomic E-state index is 0.182. The quantitative estimate of drug-likeness (QED) is 0.212. The molecule has 4 aromatic carbocycles. The molecule has 0 aliphatic carbocycles. The molecular formula is C37H31N2O2+. The molecule has 0 fully saturated rings. The highest BCUT2D eigenvalue weighted by Crippen LogP contribution is 2.43. The van der Waals surface area contributed by atoms with Gasteiger partial charge in [-0.05, 0) is 65.8 Å². The van der Waals surface area contributed by atoms with E-state index in [1.807, 2.05) is 42.5 Å². The van der Waals surface area contributed by atoms with Crippen LogP contribution in [0.5, 0.6) is 0 Å². The number of furan rings is 2. The average Bonchev–Trinajstić information content (AvgIpc) is 3.50. The van der Waals surface area contributed by atoms with Crippen molar-refractivity contribution in [2.45, 2.75) is 34.1 Å². The fourth-order valence-electron chi connectivity index (χ4n) is 6.17. The predicted octanol–water partition coefficient (Wildman–Crippen LogP) is 9.41. The van der Waals surface area contributed by atoms with E-state index in [1.165, 1.54) is 5.56 Å². The van der Waals surface area contributed by atoms with Crippen LogP contribution in [0.2, 0.25) is 0 Å².